The zero-order chi connectivity index (χ0) is 13.0. The second-order valence-electron chi connectivity index (χ2n) is 3.30. The van der Waals surface area contributed by atoms with Gasteiger partial charge >= 0.3 is 12.0 Å². The lowest BCUT2D eigenvalue weighted by molar-refractivity contribution is -0.137. The highest BCUT2D eigenvalue weighted by atomic mass is 79.9. The fourth-order valence-electron chi connectivity index (χ4n) is 1.08. The molecule has 0 aliphatic heterocycles. The number of carbonyl (C=O) groups excluding carboxylic acids is 1. The summed E-state index contributed by atoms with van der Waals surface area (Å²) in [5.74, 6) is -1.06. The van der Waals surface area contributed by atoms with Crippen molar-refractivity contribution in [1.29, 1.82) is 0 Å². The summed E-state index contributed by atoms with van der Waals surface area (Å²) in [6.45, 7) is -0.350. The molecule has 92 valence electrons. The molecule has 1 aromatic carbocycles. The summed E-state index contributed by atoms with van der Waals surface area (Å²) < 4.78 is 1.54. The summed E-state index contributed by atoms with van der Waals surface area (Å²) in [6, 6.07) is 4.83. The van der Waals surface area contributed by atoms with Gasteiger partial charge in [0.15, 0.2) is 0 Å². The Balaban J connectivity index is 2.73. The molecule has 0 heterocycles. The summed E-state index contributed by atoms with van der Waals surface area (Å²) in [5.41, 5.74) is 0.571. The van der Waals surface area contributed by atoms with Crippen molar-refractivity contribution < 1.29 is 14.7 Å². The summed E-state index contributed by atoms with van der Waals surface area (Å²) >= 11 is 6.57. The zero-order valence-electron chi connectivity index (χ0n) is 8.91. The number of amides is 2. The van der Waals surface area contributed by atoms with Gasteiger partial charge in [0.2, 0.25) is 0 Å². The van der Waals surface area contributed by atoms with Crippen LogP contribution in [0.25, 0.3) is 0 Å². The van der Waals surface area contributed by atoms with Crippen LogP contribution in [0.4, 0.5) is 10.5 Å². The third-order valence-electron chi connectivity index (χ3n) is 1.89. The Bertz CT molecular complexity index is 451. The van der Waals surface area contributed by atoms with E-state index in [1.54, 1.807) is 12.1 Å². The first kappa shape index (κ1) is 14.0. The maximum Gasteiger partial charge on any atom is 0.323 e. The Kier molecular flexibility index (Phi) is 4.95. The first-order valence-electron chi connectivity index (χ1n) is 4.59. The monoisotopic (exact) mass is 364 g/mol. The van der Waals surface area contributed by atoms with Crippen molar-refractivity contribution in [2.45, 2.75) is 0 Å². The maximum atomic E-state index is 11.6. The van der Waals surface area contributed by atoms with E-state index in [1.807, 2.05) is 6.07 Å². The van der Waals surface area contributed by atoms with Gasteiger partial charge in [-0.05, 0) is 34.1 Å². The van der Waals surface area contributed by atoms with Gasteiger partial charge in [-0.15, -0.1) is 0 Å². The van der Waals surface area contributed by atoms with E-state index in [-0.39, 0.29) is 6.54 Å². The molecular weight excluding hydrogens is 356 g/mol. The Morgan fingerprint density at radius 3 is 2.65 bits per heavy atom. The van der Waals surface area contributed by atoms with Gasteiger partial charge in [0.25, 0.3) is 0 Å². The van der Waals surface area contributed by atoms with E-state index in [4.69, 9.17) is 5.11 Å². The number of nitrogens with zero attached hydrogens (tertiary/aromatic N) is 1. The van der Waals surface area contributed by atoms with E-state index in [1.165, 1.54) is 7.05 Å². The fourth-order valence-corrected chi connectivity index (χ4v) is 1.79. The summed E-state index contributed by atoms with van der Waals surface area (Å²) in [5, 5.41) is 11.2. The van der Waals surface area contributed by atoms with Crippen LogP contribution >= 0.6 is 31.9 Å². The summed E-state index contributed by atoms with van der Waals surface area (Å²) in [4.78, 5) is 23.2. The molecule has 1 rings (SSSR count). The van der Waals surface area contributed by atoms with Crippen molar-refractivity contribution in [3.8, 4) is 0 Å². The largest absolute Gasteiger partial charge is 0.480 e. The van der Waals surface area contributed by atoms with Crippen LogP contribution in [-0.2, 0) is 4.79 Å². The maximum absolute atomic E-state index is 11.6. The molecule has 7 heteroatoms. The number of halogens is 2. The zero-order valence-corrected chi connectivity index (χ0v) is 12.1. The molecule has 0 atom stereocenters. The van der Waals surface area contributed by atoms with Crippen molar-refractivity contribution in [3.05, 3.63) is 27.1 Å². The predicted molar refractivity (Wildman–Crippen MR) is 71.1 cm³/mol. The Morgan fingerprint density at radius 2 is 2.06 bits per heavy atom. The van der Waals surface area contributed by atoms with Gasteiger partial charge in [0, 0.05) is 16.0 Å². The van der Waals surface area contributed by atoms with Crippen LogP contribution in [0.1, 0.15) is 0 Å². The number of anilines is 1. The first-order chi connectivity index (χ1) is 7.90. The predicted octanol–water partition coefficient (Wildman–Crippen LogP) is 2.76. The lowest BCUT2D eigenvalue weighted by atomic mass is 10.3. The molecular formula is C10H10Br2N2O3. The van der Waals surface area contributed by atoms with Gasteiger partial charge in [-0.3, -0.25) is 4.79 Å². The summed E-state index contributed by atoms with van der Waals surface area (Å²) in [7, 11) is 1.41. The molecule has 2 N–H and O–H groups in total. The van der Waals surface area contributed by atoms with E-state index in [9.17, 15) is 9.59 Å². The fraction of sp³-hybridized carbons (Fsp3) is 0.200. The molecule has 0 saturated carbocycles. The van der Waals surface area contributed by atoms with E-state index >= 15 is 0 Å². The molecule has 0 aliphatic carbocycles. The van der Waals surface area contributed by atoms with Gasteiger partial charge < -0.3 is 15.3 Å². The van der Waals surface area contributed by atoms with E-state index in [2.05, 4.69) is 37.2 Å². The third kappa shape index (κ3) is 4.35. The minimum Gasteiger partial charge on any atom is -0.480 e. The van der Waals surface area contributed by atoms with Crippen LogP contribution in [-0.4, -0.2) is 35.6 Å². The Labute approximate surface area is 115 Å². The minimum absolute atomic E-state index is 0.350. The van der Waals surface area contributed by atoms with Gasteiger partial charge in [0.05, 0.1) is 5.69 Å². The average molecular weight is 366 g/mol. The van der Waals surface area contributed by atoms with E-state index < -0.39 is 12.0 Å². The number of likely N-dealkylation sites (N-methyl/N-ethyl adjacent to an activating group) is 1. The molecule has 0 spiro atoms. The number of carboxylic acids is 1. The molecule has 0 aromatic heterocycles. The molecule has 17 heavy (non-hydrogen) atoms. The first-order valence-corrected chi connectivity index (χ1v) is 6.17. The highest BCUT2D eigenvalue weighted by molar-refractivity contribution is 9.11. The third-order valence-corrected chi connectivity index (χ3v) is 3.07. The topological polar surface area (TPSA) is 69.6 Å². The highest BCUT2D eigenvalue weighted by Crippen LogP contribution is 2.26. The molecule has 0 radical (unpaired) electrons. The van der Waals surface area contributed by atoms with Gasteiger partial charge in [0.1, 0.15) is 6.54 Å². The lowest BCUT2D eigenvalue weighted by Gasteiger charge is -2.16. The van der Waals surface area contributed by atoms with Crippen molar-refractivity contribution in [3.63, 3.8) is 0 Å². The number of aliphatic carboxylic acids is 1. The number of carboxylic acid groups (broad SMARTS) is 1. The number of benzene rings is 1. The van der Waals surface area contributed by atoms with E-state index in [0.717, 1.165) is 13.8 Å². The van der Waals surface area contributed by atoms with Crippen molar-refractivity contribution in [2.75, 3.05) is 18.9 Å². The highest BCUT2D eigenvalue weighted by Gasteiger charge is 2.13. The minimum atomic E-state index is -1.06. The van der Waals surface area contributed by atoms with Crippen molar-refractivity contribution in [1.82, 2.24) is 4.90 Å². The molecule has 0 saturated heterocycles. The second kappa shape index (κ2) is 6.02. The smallest absolute Gasteiger partial charge is 0.323 e. The molecule has 1 aromatic rings. The molecule has 5 nitrogen and oxygen atoms in total. The number of hydrogen-bond acceptors (Lipinski definition) is 2. The SMILES string of the molecule is CN(CC(=O)O)C(=O)Nc1cc(Br)ccc1Br. The molecule has 0 fully saturated rings. The van der Waals surface area contributed by atoms with Gasteiger partial charge in [-0.25, -0.2) is 4.79 Å². The van der Waals surface area contributed by atoms with Crippen LogP contribution in [0.15, 0.2) is 27.1 Å². The Morgan fingerprint density at radius 1 is 1.41 bits per heavy atom. The molecule has 2 amide bonds. The normalized spacial score (nSPS) is 9.82. The van der Waals surface area contributed by atoms with Crippen molar-refractivity contribution >= 4 is 49.5 Å². The van der Waals surface area contributed by atoms with Gasteiger partial charge in [-0.1, -0.05) is 15.9 Å². The van der Waals surface area contributed by atoms with Crippen LogP contribution in [0.3, 0.4) is 0 Å². The van der Waals surface area contributed by atoms with E-state index in [0.29, 0.717) is 5.69 Å². The van der Waals surface area contributed by atoms with Gasteiger partial charge in [-0.2, -0.15) is 0 Å². The number of nitrogens with one attached hydrogen (secondary N) is 1. The molecule has 0 unspecified atom stereocenters. The standard InChI is InChI=1S/C10H10Br2N2O3/c1-14(5-9(15)16)10(17)13-8-4-6(11)2-3-7(8)12/h2-4H,5H2,1H3,(H,13,17)(H,15,16). The number of urea groups is 1. The molecule has 0 bridgehead atoms. The number of carbonyl (C=O) groups is 2. The second-order valence-corrected chi connectivity index (χ2v) is 5.07. The van der Waals surface area contributed by atoms with Crippen LogP contribution in [0, 0.1) is 0 Å². The van der Waals surface area contributed by atoms with Crippen LogP contribution in [0.5, 0.6) is 0 Å². The quantitative estimate of drug-likeness (QED) is 0.865. The summed E-state index contributed by atoms with van der Waals surface area (Å²) in [6.07, 6.45) is 0. The average Bonchev–Trinajstić information content (AvgIpc) is 2.22. The van der Waals surface area contributed by atoms with Crippen LogP contribution in [0.2, 0.25) is 0 Å². The van der Waals surface area contributed by atoms with Crippen LogP contribution < -0.4 is 5.32 Å². The lowest BCUT2D eigenvalue weighted by Crippen LogP contribution is -2.35. The van der Waals surface area contributed by atoms with Crippen molar-refractivity contribution in [2.24, 2.45) is 0 Å². The number of hydrogen-bond donors (Lipinski definition) is 2. The number of rotatable bonds is 3. The molecule has 0 aliphatic rings. The Hall–Kier alpha value is -1.08.